The molecule has 0 unspecified atom stereocenters. The highest BCUT2D eigenvalue weighted by atomic mass is 14.9. The van der Waals surface area contributed by atoms with E-state index in [1.54, 1.807) is 0 Å². The molecule has 5 aromatic rings. The minimum absolute atomic E-state index is 0.818. The van der Waals surface area contributed by atoms with Crippen LogP contribution in [0.5, 0.6) is 0 Å². The molecule has 0 radical (unpaired) electrons. The Balaban J connectivity index is 1.45. The summed E-state index contributed by atoms with van der Waals surface area (Å²) >= 11 is 0. The van der Waals surface area contributed by atoms with Gasteiger partial charge in [-0.2, -0.15) is 0 Å². The lowest BCUT2D eigenvalue weighted by Crippen LogP contribution is -1.99. The summed E-state index contributed by atoms with van der Waals surface area (Å²) in [6.07, 6.45) is 0. The molecule has 0 aliphatic carbocycles. The van der Waals surface area contributed by atoms with Crippen molar-refractivity contribution in [2.24, 2.45) is 0 Å². The highest BCUT2D eigenvalue weighted by molar-refractivity contribution is 6.08. The normalized spacial score (nSPS) is 11.4. The molecule has 0 aliphatic heterocycles. The number of nitrogens with one attached hydrogen (secondary N) is 2. The minimum atomic E-state index is 0.818. The smallest absolute Gasteiger partial charge is 0.0466 e. The minimum Gasteiger partial charge on any atom is -0.381 e. The van der Waals surface area contributed by atoms with Crippen molar-refractivity contribution in [3.63, 3.8) is 0 Å². The van der Waals surface area contributed by atoms with Gasteiger partial charge in [0, 0.05) is 34.0 Å². The lowest BCUT2D eigenvalue weighted by molar-refractivity contribution is 1.16. The van der Waals surface area contributed by atoms with Crippen molar-refractivity contribution in [1.82, 2.24) is 4.98 Å². The van der Waals surface area contributed by atoms with Gasteiger partial charge >= 0.3 is 0 Å². The topological polar surface area (TPSA) is 27.8 Å². The number of para-hydroxylation sites is 1. The van der Waals surface area contributed by atoms with Gasteiger partial charge in [-0.1, -0.05) is 54.6 Å². The second-order valence-corrected chi connectivity index (χ2v) is 6.47. The maximum Gasteiger partial charge on any atom is 0.0466 e. The summed E-state index contributed by atoms with van der Waals surface area (Å²) in [5, 5.41) is 8.66. The molecule has 25 heavy (non-hydrogen) atoms. The van der Waals surface area contributed by atoms with Crippen LogP contribution in [-0.2, 0) is 6.54 Å². The van der Waals surface area contributed by atoms with Crippen LogP contribution in [0.15, 0.2) is 84.9 Å². The summed E-state index contributed by atoms with van der Waals surface area (Å²) in [6.45, 7) is 0.818. The Morgan fingerprint density at radius 3 is 2.40 bits per heavy atom. The molecule has 0 spiro atoms. The lowest BCUT2D eigenvalue weighted by Gasteiger charge is -2.08. The van der Waals surface area contributed by atoms with Gasteiger partial charge in [0.25, 0.3) is 0 Å². The van der Waals surface area contributed by atoms with E-state index in [1.165, 1.54) is 38.1 Å². The number of benzene rings is 4. The molecule has 0 aliphatic rings. The Hall–Kier alpha value is -3.26. The zero-order valence-corrected chi connectivity index (χ0v) is 13.8. The van der Waals surface area contributed by atoms with E-state index in [0.29, 0.717) is 0 Å². The number of aromatic nitrogens is 1. The largest absolute Gasteiger partial charge is 0.381 e. The fourth-order valence-corrected chi connectivity index (χ4v) is 3.51. The van der Waals surface area contributed by atoms with Crippen LogP contribution in [0.1, 0.15) is 5.56 Å². The number of anilines is 1. The monoisotopic (exact) mass is 322 g/mol. The van der Waals surface area contributed by atoms with E-state index in [2.05, 4.69) is 95.2 Å². The van der Waals surface area contributed by atoms with Crippen LogP contribution >= 0.6 is 0 Å². The van der Waals surface area contributed by atoms with Crippen LogP contribution in [-0.4, -0.2) is 4.98 Å². The Bertz CT molecular complexity index is 1200. The Kier molecular flexibility index (Phi) is 3.20. The van der Waals surface area contributed by atoms with Crippen molar-refractivity contribution >= 4 is 38.3 Å². The second-order valence-electron chi connectivity index (χ2n) is 6.47. The Labute approximate surface area is 146 Å². The molecule has 0 bridgehead atoms. The van der Waals surface area contributed by atoms with E-state index in [0.717, 1.165) is 12.2 Å². The van der Waals surface area contributed by atoms with E-state index in [9.17, 15) is 0 Å². The summed E-state index contributed by atoms with van der Waals surface area (Å²) in [4.78, 5) is 3.47. The SMILES string of the molecule is c1ccc2cc(CNc3ccc4[nH]c5ccccc5c4c3)ccc2c1. The molecule has 1 aromatic heterocycles. The van der Waals surface area contributed by atoms with Crippen LogP contribution in [0.25, 0.3) is 32.6 Å². The number of fused-ring (bicyclic) bond motifs is 4. The van der Waals surface area contributed by atoms with Crippen LogP contribution < -0.4 is 5.32 Å². The van der Waals surface area contributed by atoms with Gasteiger partial charge in [-0.05, 0) is 46.7 Å². The molecule has 1 heterocycles. The van der Waals surface area contributed by atoms with E-state index in [1.807, 2.05) is 0 Å². The predicted octanol–water partition coefficient (Wildman–Crippen LogP) is 6.09. The average molecular weight is 322 g/mol. The van der Waals surface area contributed by atoms with Gasteiger partial charge in [0.05, 0.1) is 0 Å². The molecular formula is C23H18N2. The molecule has 4 aromatic carbocycles. The second kappa shape index (κ2) is 5.67. The summed E-state index contributed by atoms with van der Waals surface area (Å²) < 4.78 is 0. The molecule has 0 amide bonds. The number of aromatic amines is 1. The molecule has 5 rings (SSSR count). The summed E-state index contributed by atoms with van der Waals surface area (Å²) in [5.74, 6) is 0. The van der Waals surface area contributed by atoms with E-state index in [4.69, 9.17) is 0 Å². The Morgan fingerprint density at radius 2 is 1.44 bits per heavy atom. The molecule has 0 saturated heterocycles. The van der Waals surface area contributed by atoms with Gasteiger partial charge in [0.1, 0.15) is 0 Å². The maximum atomic E-state index is 3.56. The van der Waals surface area contributed by atoms with Gasteiger partial charge in [0.2, 0.25) is 0 Å². The first-order chi connectivity index (χ1) is 12.4. The highest BCUT2D eigenvalue weighted by Crippen LogP contribution is 2.28. The number of rotatable bonds is 3. The third-order valence-electron chi connectivity index (χ3n) is 4.82. The molecule has 2 nitrogen and oxygen atoms in total. The summed E-state index contributed by atoms with van der Waals surface area (Å²) in [5.41, 5.74) is 4.80. The predicted molar refractivity (Wildman–Crippen MR) is 107 cm³/mol. The first-order valence-electron chi connectivity index (χ1n) is 8.59. The fraction of sp³-hybridized carbons (Fsp3) is 0.0435. The van der Waals surface area contributed by atoms with E-state index < -0.39 is 0 Å². The number of hydrogen-bond acceptors (Lipinski definition) is 1. The zero-order chi connectivity index (χ0) is 16.6. The first-order valence-corrected chi connectivity index (χ1v) is 8.59. The van der Waals surface area contributed by atoms with Gasteiger partial charge in [0.15, 0.2) is 0 Å². The van der Waals surface area contributed by atoms with Crippen molar-refractivity contribution in [3.05, 3.63) is 90.5 Å². The van der Waals surface area contributed by atoms with Gasteiger partial charge in [-0.25, -0.2) is 0 Å². The van der Waals surface area contributed by atoms with Crippen molar-refractivity contribution in [3.8, 4) is 0 Å². The number of hydrogen-bond donors (Lipinski definition) is 2. The quantitative estimate of drug-likeness (QED) is 0.413. The van der Waals surface area contributed by atoms with Crippen molar-refractivity contribution in [2.45, 2.75) is 6.54 Å². The first kappa shape index (κ1) is 14.1. The van der Waals surface area contributed by atoms with E-state index >= 15 is 0 Å². The molecule has 2 N–H and O–H groups in total. The number of H-pyrrole nitrogens is 1. The van der Waals surface area contributed by atoms with Gasteiger partial charge < -0.3 is 10.3 Å². The molecule has 0 atom stereocenters. The van der Waals surface area contributed by atoms with Crippen LogP contribution in [0.4, 0.5) is 5.69 Å². The van der Waals surface area contributed by atoms with Crippen LogP contribution in [0.3, 0.4) is 0 Å². The maximum absolute atomic E-state index is 3.56. The molecular weight excluding hydrogens is 304 g/mol. The van der Waals surface area contributed by atoms with Gasteiger partial charge in [-0.3, -0.25) is 0 Å². The summed E-state index contributed by atoms with van der Waals surface area (Å²) in [7, 11) is 0. The third-order valence-corrected chi connectivity index (χ3v) is 4.82. The van der Waals surface area contributed by atoms with Crippen molar-refractivity contribution in [2.75, 3.05) is 5.32 Å². The fourth-order valence-electron chi connectivity index (χ4n) is 3.51. The highest BCUT2D eigenvalue weighted by Gasteiger charge is 2.04. The molecule has 2 heteroatoms. The molecule has 120 valence electrons. The van der Waals surface area contributed by atoms with Crippen molar-refractivity contribution in [1.29, 1.82) is 0 Å². The van der Waals surface area contributed by atoms with Crippen molar-refractivity contribution < 1.29 is 0 Å². The van der Waals surface area contributed by atoms with Gasteiger partial charge in [-0.15, -0.1) is 0 Å². The van der Waals surface area contributed by atoms with E-state index in [-0.39, 0.29) is 0 Å². The zero-order valence-electron chi connectivity index (χ0n) is 13.8. The lowest BCUT2D eigenvalue weighted by atomic mass is 10.1. The molecule has 0 saturated carbocycles. The summed E-state index contributed by atoms with van der Waals surface area (Å²) in [6, 6.07) is 30.1. The average Bonchev–Trinajstić information content (AvgIpc) is 3.04. The standard InChI is InChI=1S/C23H18N2/c1-2-6-18-13-16(9-10-17(18)5-1)15-24-19-11-12-23-21(14-19)20-7-3-4-8-22(20)25-23/h1-14,24-25H,15H2. The van der Waals surface area contributed by atoms with Crippen LogP contribution in [0.2, 0.25) is 0 Å². The molecule has 0 fully saturated rings. The Morgan fingerprint density at radius 1 is 0.640 bits per heavy atom. The van der Waals surface area contributed by atoms with Crippen LogP contribution in [0, 0.1) is 0 Å². The third kappa shape index (κ3) is 2.52.